The topological polar surface area (TPSA) is 59.8 Å². The van der Waals surface area contributed by atoms with Gasteiger partial charge in [0.1, 0.15) is 5.88 Å². The molecule has 5 nitrogen and oxygen atoms in total. The van der Waals surface area contributed by atoms with E-state index in [1.165, 1.54) is 0 Å². The zero-order chi connectivity index (χ0) is 11.4. The van der Waals surface area contributed by atoms with Crippen LogP contribution in [0.3, 0.4) is 0 Å². The molecule has 0 aliphatic heterocycles. The first kappa shape index (κ1) is 10.6. The fourth-order valence-electron chi connectivity index (χ4n) is 1.30. The van der Waals surface area contributed by atoms with Gasteiger partial charge in [0.15, 0.2) is 0 Å². The number of hydrogen-bond donors (Lipinski definition) is 1. The summed E-state index contributed by atoms with van der Waals surface area (Å²) in [5, 5.41) is 10.3. The molecule has 0 radical (unpaired) electrons. The number of carbonyl (C=O) groups is 1. The van der Waals surface area contributed by atoms with Crippen molar-refractivity contribution in [1.82, 2.24) is 15.0 Å². The third-order valence-corrected chi connectivity index (χ3v) is 2.21. The van der Waals surface area contributed by atoms with Gasteiger partial charge in [-0.15, -0.1) is 16.7 Å². The molecular weight excluding hydrogens is 228 g/mol. The van der Waals surface area contributed by atoms with Crippen molar-refractivity contribution in [2.24, 2.45) is 0 Å². The number of benzene rings is 1. The average molecular weight is 237 g/mol. The summed E-state index contributed by atoms with van der Waals surface area (Å²) < 4.78 is 1.57. The zero-order valence-electron chi connectivity index (χ0n) is 8.30. The van der Waals surface area contributed by atoms with Crippen LogP contribution in [-0.4, -0.2) is 26.8 Å². The first-order valence-electron chi connectivity index (χ1n) is 4.63. The van der Waals surface area contributed by atoms with E-state index in [4.69, 9.17) is 11.6 Å². The molecule has 0 spiro atoms. The highest BCUT2D eigenvalue weighted by Gasteiger charge is 2.07. The second-order valence-corrected chi connectivity index (χ2v) is 3.31. The van der Waals surface area contributed by atoms with Crippen LogP contribution in [0.4, 0.5) is 5.69 Å². The highest BCUT2D eigenvalue weighted by Crippen LogP contribution is 2.18. The third-order valence-electron chi connectivity index (χ3n) is 1.97. The molecular formula is C10H9ClN4O. The number of nitrogens with one attached hydrogen (secondary N) is 1. The van der Waals surface area contributed by atoms with Gasteiger partial charge in [-0.2, -0.15) is 0 Å². The van der Waals surface area contributed by atoms with Gasteiger partial charge in [-0.25, -0.2) is 4.68 Å². The van der Waals surface area contributed by atoms with Crippen LogP contribution in [0.15, 0.2) is 36.7 Å². The van der Waals surface area contributed by atoms with E-state index in [0.717, 1.165) is 5.69 Å². The molecule has 1 aromatic heterocycles. The number of para-hydroxylation sites is 2. The van der Waals surface area contributed by atoms with Crippen LogP contribution < -0.4 is 5.32 Å². The van der Waals surface area contributed by atoms with E-state index in [-0.39, 0.29) is 11.8 Å². The molecule has 0 aliphatic carbocycles. The van der Waals surface area contributed by atoms with Crippen LogP contribution in [0, 0.1) is 0 Å². The summed E-state index contributed by atoms with van der Waals surface area (Å²) in [5.74, 6) is -0.333. The lowest BCUT2D eigenvalue weighted by Gasteiger charge is -2.08. The molecule has 0 bridgehead atoms. The maximum absolute atomic E-state index is 11.2. The van der Waals surface area contributed by atoms with Gasteiger partial charge in [-0.3, -0.25) is 4.79 Å². The standard InChI is InChI=1S/C10H9ClN4O/c11-7-10(16)13-8-3-1-2-4-9(8)15-6-5-12-14-15/h1-6H,7H2,(H,13,16). The van der Waals surface area contributed by atoms with Crippen LogP contribution in [0.5, 0.6) is 0 Å². The number of halogens is 1. The Morgan fingerprint density at radius 3 is 2.94 bits per heavy atom. The molecule has 0 fully saturated rings. The fourth-order valence-corrected chi connectivity index (χ4v) is 1.37. The first-order chi connectivity index (χ1) is 7.81. The lowest BCUT2D eigenvalue weighted by molar-refractivity contribution is -0.113. The van der Waals surface area contributed by atoms with Crippen molar-refractivity contribution in [3.8, 4) is 5.69 Å². The summed E-state index contributed by atoms with van der Waals surface area (Å²) >= 11 is 5.43. The number of aromatic nitrogens is 3. The fraction of sp³-hybridized carbons (Fsp3) is 0.100. The quantitative estimate of drug-likeness (QED) is 0.821. The van der Waals surface area contributed by atoms with Crippen molar-refractivity contribution in [2.75, 3.05) is 11.2 Å². The number of alkyl halides is 1. The van der Waals surface area contributed by atoms with E-state index < -0.39 is 0 Å². The summed E-state index contributed by atoms with van der Waals surface area (Å²) in [4.78, 5) is 11.2. The summed E-state index contributed by atoms with van der Waals surface area (Å²) in [6.07, 6.45) is 3.27. The van der Waals surface area contributed by atoms with E-state index in [0.29, 0.717) is 5.69 Å². The third kappa shape index (κ3) is 2.20. The second kappa shape index (κ2) is 4.76. The highest BCUT2D eigenvalue weighted by molar-refractivity contribution is 6.29. The molecule has 16 heavy (non-hydrogen) atoms. The van der Waals surface area contributed by atoms with Crippen LogP contribution in [-0.2, 0) is 4.79 Å². The molecule has 82 valence electrons. The molecule has 1 N–H and O–H groups in total. The van der Waals surface area contributed by atoms with Gasteiger partial charge in [0.25, 0.3) is 0 Å². The molecule has 1 amide bonds. The van der Waals surface area contributed by atoms with Crippen molar-refractivity contribution in [1.29, 1.82) is 0 Å². The van der Waals surface area contributed by atoms with Crippen molar-refractivity contribution in [3.63, 3.8) is 0 Å². The van der Waals surface area contributed by atoms with Gasteiger partial charge < -0.3 is 5.32 Å². The minimum absolute atomic E-state index is 0.0777. The van der Waals surface area contributed by atoms with Gasteiger partial charge in [0.2, 0.25) is 5.91 Å². The Kier molecular flexibility index (Phi) is 3.16. The predicted octanol–water partition coefficient (Wildman–Crippen LogP) is 1.44. The summed E-state index contributed by atoms with van der Waals surface area (Å²) in [6, 6.07) is 7.29. The average Bonchev–Trinajstić information content (AvgIpc) is 2.83. The Labute approximate surface area is 97.0 Å². The van der Waals surface area contributed by atoms with Crippen LogP contribution in [0.1, 0.15) is 0 Å². The summed E-state index contributed by atoms with van der Waals surface area (Å²) in [6.45, 7) is 0. The van der Waals surface area contributed by atoms with Gasteiger partial charge in [-0.05, 0) is 12.1 Å². The largest absolute Gasteiger partial charge is 0.323 e. The molecule has 0 aliphatic rings. The summed E-state index contributed by atoms with van der Waals surface area (Å²) in [5.41, 5.74) is 1.40. The zero-order valence-corrected chi connectivity index (χ0v) is 9.05. The Morgan fingerprint density at radius 1 is 1.44 bits per heavy atom. The van der Waals surface area contributed by atoms with Crippen molar-refractivity contribution in [3.05, 3.63) is 36.7 Å². The van der Waals surface area contributed by atoms with E-state index in [1.54, 1.807) is 23.1 Å². The Morgan fingerprint density at radius 2 is 2.25 bits per heavy atom. The lowest BCUT2D eigenvalue weighted by Crippen LogP contribution is -2.14. The molecule has 2 rings (SSSR count). The number of amides is 1. The molecule has 6 heteroatoms. The SMILES string of the molecule is O=C(CCl)Nc1ccccc1-n1ccnn1. The van der Waals surface area contributed by atoms with Crippen LogP contribution >= 0.6 is 11.6 Å². The van der Waals surface area contributed by atoms with Gasteiger partial charge in [0, 0.05) is 0 Å². The maximum atomic E-state index is 11.2. The molecule has 0 unspecified atom stereocenters. The highest BCUT2D eigenvalue weighted by atomic mass is 35.5. The minimum atomic E-state index is -0.255. The second-order valence-electron chi connectivity index (χ2n) is 3.05. The van der Waals surface area contributed by atoms with E-state index >= 15 is 0 Å². The predicted molar refractivity (Wildman–Crippen MR) is 60.7 cm³/mol. The molecule has 1 aromatic carbocycles. The molecule has 1 heterocycles. The number of hydrogen-bond acceptors (Lipinski definition) is 3. The van der Waals surface area contributed by atoms with E-state index in [1.807, 2.05) is 18.2 Å². The summed E-state index contributed by atoms with van der Waals surface area (Å²) in [7, 11) is 0. The number of nitrogens with zero attached hydrogens (tertiary/aromatic N) is 3. The molecule has 0 atom stereocenters. The van der Waals surface area contributed by atoms with Gasteiger partial charge in [-0.1, -0.05) is 17.3 Å². The van der Waals surface area contributed by atoms with Crippen molar-refractivity contribution < 1.29 is 4.79 Å². The molecule has 0 saturated carbocycles. The Hall–Kier alpha value is -1.88. The Bertz CT molecular complexity index is 483. The van der Waals surface area contributed by atoms with Crippen LogP contribution in [0.2, 0.25) is 0 Å². The maximum Gasteiger partial charge on any atom is 0.239 e. The number of carbonyl (C=O) groups excluding carboxylic acids is 1. The van der Waals surface area contributed by atoms with E-state index in [2.05, 4.69) is 15.6 Å². The normalized spacial score (nSPS) is 10.1. The van der Waals surface area contributed by atoms with Crippen LogP contribution in [0.25, 0.3) is 5.69 Å². The van der Waals surface area contributed by atoms with Crippen molar-refractivity contribution in [2.45, 2.75) is 0 Å². The van der Waals surface area contributed by atoms with E-state index in [9.17, 15) is 4.79 Å². The monoisotopic (exact) mass is 236 g/mol. The smallest absolute Gasteiger partial charge is 0.239 e. The molecule has 2 aromatic rings. The first-order valence-corrected chi connectivity index (χ1v) is 5.16. The number of rotatable bonds is 3. The lowest BCUT2D eigenvalue weighted by atomic mass is 10.2. The van der Waals surface area contributed by atoms with Crippen molar-refractivity contribution >= 4 is 23.2 Å². The number of anilines is 1. The molecule has 0 saturated heterocycles. The van der Waals surface area contributed by atoms with Gasteiger partial charge >= 0.3 is 0 Å². The Balaban J connectivity index is 2.35. The minimum Gasteiger partial charge on any atom is -0.323 e. The van der Waals surface area contributed by atoms with Gasteiger partial charge in [0.05, 0.1) is 23.8 Å².